The van der Waals surface area contributed by atoms with Gasteiger partial charge >= 0.3 is 5.97 Å². The molecule has 0 unspecified atom stereocenters. The van der Waals surface area contributed by atoms with Gasteiger partial charge in [0.05, 0.1) is 10.4 Å². The molecular weight excluding hydrogens is 328 g/mol. The number of amides is 1. The van der Waals surface area contributed by atoms with E-state index in [4.69, 9.17) is 5.11 Å². The maximum atomic E-state index is 12.1. The van der Waals surface area contributed by atoms with E-state index < -0.39 is 11.9 Å². The Labute approximate surface area is 131 Å². The molecule has 0 saturated heterocycles. The van der Waals surface area contributed by atoms with Crippen LogP contribution >= 0.6 is 34.0 Å². The lowest BCUT2D eigenvalue weighted by Gasteiger charge is -2.01. The van der Waals surface area contributed by atoms with Crippen LogP contribution in [0, 0.1) is 0 Å². The van der Waals surface area contributed by atoms with Gasteiger partial charge in [-0.15, -0.1) is 34.0 Å². The molecule has 0 aliphatic rings. The Hall–Kier alpha value is -2.03. The topological polar surface area (TPSA) is 79.3 Å². The molecule has 0 spiro atoms. The predicted octanol–water partition coefficient (Wildman–Crippen LogP) is 3.88. The van der Waals surface area contributed by atoms with Crippen molar-refractivity contribution < 1.29 is 14.7 Å². The number of hydrogen-bond donors (Lipinski definition) is 2. The fourth-order valence-corrected chi connectivity index (χ4v) is 4.02. The Kier molecular flexibility index (Phi) is 3.82. The van der Waals surface area contributed by atoms with Crippen molar-refractivity contribution in [2.75, 3.05) is 5.32 Å². The van der Waals surface area contributed by atoms with Crippen molar-refractivity contribution >= 4 is 50.9 Å². The average molecular weight is 336 g/mol. The number of hydrogen-bond acceptors (Lipinski definition) is 6. The van der Waals surface area contributed by atoms with Crippen LogP contribution in [-0.2, 0) is 0 Å². The van der Waals surface area contributed by atoms with Crippen molar-refractivity contribution in [3.05, 3.63) is 45.6 Å². The summed E-state index contributed by atoms with van der Waals surface area (Å²) in [6.45, 7) is 0. The highest BCUT2D eigenvalue weighted by molar-refractivity contribution is 7.20. The number of carbonyl (C=O) groups excluding carboxylic acids is 1. The largest absolute Gasteiger partial charge is 0.478 e. The number of aromatic carboxylic acids is 1. The van der Waals surface area contributed by atoms with E-state index in [0.717, 1.165) is 9.88 Å². The number of carbonyl (C=O) groups is 2. The highest BCUT2D eigenvalue weighted by Crippen LogP contribution is 2.29. The Morgan fingerprint density at radius 3 is 2.71 bits per heavy atom. The number of carboxylic acids is 1. The lowest BCUT2D eigenvalue weighted by atomic mass is 10.3. The van der Waals surface area contributed by atoms with Gasteiger partial charge in [0.15, 0.2) is 0 Å². The standard InChI is InChI=1S/C13H8N2O3S3/c16-10(15-11-7(13(17)18)3-5-20-11)8-6-21-12(14-8)9-2-1-4-19-9/h1-6H,(H,15,16)(H,17,18). The number of thiazole rings is 1. The summed E-state index contributed by atoms with van der Waals surface area (Å²) >= 11 is 4.11. The van der Waals surface area contributed by atoms with E-state index in [1.54, 1.807) is 22.1 Å². The Morgan fingerprint density at radius 2 is 2.00 bits per heavy atom. The highest BCUT2D eigenvalue weighted by atomic mass is 32.1. The first-order chi connectivity index (χ1) is 10.1. The van der Waals surface area contributed by atoms with Gasteiger partial charge in [-0.3, -0.25) is 4.79 Å². The van der Waals surface area contributed by atoms with E-state index in [1.807, 2.05) is 17.5 Å². The summed E-state index contributed by atoms with van der Waals surface area (Å²) in [7, 11) is 0. The van der Waals surface area contributed by atoms with E-state index in [1.165, 1.54) is 28.7 Å². The molecule has 0 radical (unpaired) electrons. The smallest absolute Gasteiger partial charge is 0.338 e. The number of carboxylic acid groups (broad SMARTS) is 1. The van der Waals surface area contributed by atoms with E-state index in [2.05, 4.69) is 10.3 Å². The van der Waals surface area contributed by atoms with Gasteiger partial charge in [0.1, 0.15) is 15.7 Å². The minimum Gasteiger partial charge on any atom is -0.478 e. The van der Waals surface area contributed by atoms with Crippen LogP contribution < -0.4 is 5.32 Å². The van der Waals surface area contributed by atoms with Crippen molar-refractivity contribution in [1.29, 1.82) is 0 Å². The third-order valence-corrected chi connectivity index (χ3v) is 5.30. The van der Waals surface area contributed by atoms with Crippen molar-refractivity contribution in [3.63, 3.8) is 0 Å². The molecular formula is C13H8N2O3S3. The molecule has 3 aromatic heterocycles. The summed E-state index contributed by atoms with van der Waals surface area (Å²) in [5.41, 5.74) is 0.371. The van der Waals surface area contributed by atoms with Gasteiger partial charge < -0.3 is 10.4 Å². The molecule has 0 atom stereocenters. The molecule has 2 N–H and O–H groups in total. The van der Waals surface area contributed by atoms with E-state index in [-0.39, 0.29) is 11.3 Å². The molecule has 21 heavy (non-hydrogen) atoms. The van der Waals surface area contributed by atoms with Crippen LogP contribution in [0.25, 0.3) is 9.88 Å². The van der Waals surface area contributed by atoms with Gasteiger partial charge in [-0.1, -0.05) is 6.07 Å². The lowest BCUT2D eigenvalue weighted by molar-refractivity contribution is 0.0698. The third-order valence-electron chi connectivity index (χ3n) is 2.59. The molecule has 8 heteroatoms. The molecule has 0 saturated carbocycles. The summed E-state index contributed by atoms with van der Waals surface area (Å²) in [5, 5.41) is 17.9. The van der Waals surface area contributed by atoms with Crippen LogP contribution in [0.4, 0.5) is 5.00 Å². The molecule has 106 valence electrons. The van der Waals surface area contributed by atoms with Gasteiger partial charge in [-0.05, 0) is 22.9 Å². The first kappa shape index (κ1) is 13.9. The fraction of sp³-hybridized carbons (Fsp3) is 0. The number of nitrogens with one attached hydrogen (secondary N) is 1. The molecule has 1 amide bonds. The summed E-state index contributed by atoms with van der Waals surface area (Å²) in [6, 6.07) is 5.32. The van der Waals surface area contributed by atoms with E-state index in [9.17, 15) is 9.59 Å². The molecule has 0 bridgehead atoms. The van der Waals surface area contributed by atoms with Crippen LogP contribution in [0.15, 0.2) is 34.3 Å². The monoisotopic (exact) mass is 336 g/mol. The highest BCUT2D eigenvalue weighted by Gasteiger charge is 2.17. The minimum atomic E-state index is -1.07. The maximum absolute atomic E-state index is 12.1. The first-order valence-electron chi connectivity index (χ1n) is 5.76. The normalized spacial score (nSPS) is 10.5. The van der Waals surface area contributed by atoms with Gasteiger partial charge in [0.2, 0.25) is 0 Å². The average Bonchev–Trinajstić information content (AvgIpc) is 3.19. The van der Waals surface area contributed by atoms with Gasteiger partial charge in [-0.25, -0.2) is 9.78 Å². The quantitative estimate of drug-likeness (QED) is 0.757. The zero-order valence-electron chi connectivity index (χ0n) is 10.4. The summed E-state index contributed by atoms with van der Waals surface area (Å²) in [6.07, 6.45) is 0. The first-order valence-corrected chi connectivity index (χ1v) is 8.40. The van der Waals surface area contributed by atoms with Gasteiger partial charge in [-0.2, -0.15) is 0 Å². The Balaban J connectivity index is 1.80. The van der Waals surface area contributed by atoms with Crippen LogP contribution in [0.3, 0.4) is 0 Å². The Bertz CT molecular complexity index is 789. The number of anilines is 1. The summed E-state index contributed by atoms with van der Waals surface area (Å²) < 4.78 is 0. The SMILES string of the molecule is O=C(Nc1sccc1C(=O)O)c1csc(-c2cccs2)n1. The second kappa shape index (κ2) is 5.76. The van der Waals surface area contributed by atoms with Crippen LogP contribution in [-0.4, -0.2) is 22.0 Å². The number of thiophene rings is 2. The second-order valence-corrected chi connectivity index (χ2v) is 6.66. The van der Waals surface area contributed by atoms with Crippen LogP contribution in [0.5, 0.6) is 0 Å². The second-order valence-electron chi connectivity index (χ2n) is 3.94. The lowest BCUT2D eigenvalue weighted by Crippen LogP contribution is -2.13. The zero-order valence-corrected chi connectivity index (χ0v) is 12.8. The number of aromatic nitrogens is 1. The number of rotatable bonds is 4. The predicted molar refractivity (Wildman–Crippen MR) is 84.7 cm³/mol. The molecule has 0 aliphatic carbocycles. The minimum absolute atomic E-state index is 0.0852. The van der Waals surface area contributed by atoms with Crippen LogP contribution in [0.1, 0.15) is 20.8 Å². The molecule has 3 heterocycles. The van der Waals surface area contributed by atoms with E-state index in [0.29, 0.717) is 5.00 Å². The van der Waals surface area contributed by atoms with E-state index >= 15 is 0 Å². The summed E-state index contributed by atoms with van der Waals surface area (Å²) in [5.74, 6) is -1.47. The van der Waals surface area contributed by atoms with Crippen molar-refractivity contribution in [2.24, 2.45) is 0 Å². The molecule has 0 aromatic carbocycles. The van der Waals surface area contributed by atoms with Crippen molar-refractivity contribution in [3.8, 4) is 9.88 Å². The molecule has 0 aliphatic heterocycles. The zero-order chi connectivity index (χ0) is 14.8. The molecule has 3 aromatic rings. The summed E-state index contributed by atoms with van der Waals surface area (Å²) in [4.78, 5) is 28.4. The van der Waals surface area contributed by atoms with Gasteiger partial charge in [0, 0.05) is 5.38 Å². The van der Waals surface area contributed by atoms with Crippen molar-refractivity contribution in [2.45, 2.75) is 0 Å². The number of nitrogens with zero attached hydrogens (tertiary/aromatic N) is 1. The maximum Gasteiger partial charge on any atom is 0.338 e. The Morgan fingerprint density at radius 1 is 1.14 bits per heavy atom. The molecule has 3 rings (SSSR count). The van der Waals surface area contributed by atoms with Crippen molar-refractivity contribution in [1.82, 2.24) is 4.98 Å². The molecule has 5 nitrogen and oxygen atoms in total. The molecule has 0 fully saturated rings. The third kappa shape index (κ3) is 2.87. The fourth-order valence-electron chi connectivity index (χ4n) is 1.63. The van der Waals surface area contributed by atoms with Crippen LogP contribution in [0.2, 0.25) is 0 Å². The van der Waals surface area contributed by atoms with Gasteiger partial charge in [0.25, 0.3) is 5.91 Å².